The van der Waals surface area contributed by atoms with Crippen molar-refractivity contribution in [1.82, 2.24) is 19.4 Å². The number of anilines is 1. The average molecular weight is 478 g/mol. The molecule has 7 nitrogen and oxygen atoms in total. The van der Waals surface area contributed by atoms with Crippen LogP contribution in [-0.2, 0) is 29.6 Å². The number of nitrogens with zero attached hydrogens (tertiary/aromatic N) is 4. The van der Waals surface area contributed by atoms with E-state index in [1.165, 1.54) is 21.8 Å². The highest BCUT2D eigenvalue weighted by molar-refractivity contribution is 7.19. The molecule has 1 N–H and O–H groups in total. The van der Waals surface area contributed by atoms with E-state index < -0.39 is 0 Å². The van der Waals surface area contributed by atoms with Gasteiger partial charge >= 0.3 is 0 Å². The topological polar surface area (TPSA) is 80.1 Å². The second kappa shape index (κ2) is 9.29. The van der Waals surface area contributed by atoms with E-state index in [1.54, 1.807) is 17.5 Å². The highest BCUT2D eigenvalue weighted by atomic mass is 32.1. The minimum atomic E-state index is -0.212. The van der Waals surface area contributed by atoms with Gasteiger partial charge in [0.15, 0.2) is 11.0 Å². The van der Waals surface area contributed by atoms with Crippen LogP contribution in [0.4, 0.5) is 5.13 Å². The van der Waals surface area contributed by atoms with E-state index >= 15 is 0 Å². The van der Waals surface area contributed by atoms with Crippen LogP contribution >= 0.6 is 22.7 Å². The predicted octanol–water partition coefficient (Wildman–Crippen LogP) is 4.58. The lowest BCUT2D eigenvalue weighted by atomic mass is 10.1. The first kappa shape index (κ1) is 21.5. The summed E-state index contributed by atoms with van der Waals surface area (Å²) < 4.78 is 1.93. The summed E-state index contributed by atoms with van der Waals surface area (Å²) in [7, 11) is 1.93. The Kier molecular flexibility index (Phi) is 6.06. The SMILES string of the molecule is Cn1ccnc1-c1sc(NC(=O)CCC(=O)N2CCc3sccc3C2)nc1-c1ccccc1. The van der Waals surface area contributed by atoms with E-state index in [1.807, 2.05) is 53.0 Å². The van der Waals surface area contributed by atoms with E-state index in [9.17, 15) is 9.59 Å². The Morgan fingerprint density at radius 1 is 1.15 bits per heavy atom. The van der Waals surface area contributed by atoms with Gasteiger partial charge < -0.3 is 14.8 Å². The summed E-state index contributed by atoms with van der Waals surface area (Å²) in [5.41, 5.74) is 2.96. The average Bonchev–Trinajstić information content (AvgIpc) is 3.57. The van der Waals surface area contributed by atoms with Gasteiger partial charge in [0.2, 0.25) is 11.8 Å². The van der Waals surface area contributed by atoms with Crippen LogP contribution in [0.25, 0.3) is 22.0 Å². The lowest BCUT2D eigenvalue weighted by Crippen LogP contribution is -2.35. The fourth-order valence-corrected chi connectivity index (χ4v) is 5.86. The van der Waals surface area contributed by atoms with Crippen LogP contribution in [0.15, 0.2) is 54.2 Å². The van der Waals surface area contributed by atoms with E-state index in [4.69, 9.17) is 4.98 Å². The molecule has 4 heterocycles. The van der Waals surface area contributed by atoms with Crippen molar-refractivity contribution in [1.29, 1.82) is 0 Å². The van der Waals surface area contributed by atoms with Crippen LogP contribution < -0.4 is 5.32 Å². The number of benzene rings is 1. The molecule has 0 aliphatic carbocycles. The number of fused-ring (bicyclic) bond motifs is 1. The largest absolute Gasteiger partial charge is 0.338 e. The number of amides is 2. The number of carbonyl (C=O) groups excluding carboxylic acids is 2. The monoisotopic (exact) mass is 477 g/mol. The first-order chi connectivity index (χ1) is 16.1. The standard InChI is InChI=1S/C24H23N5O2S2/c1-28-13-11-25-23(28)22-21(16-5-3-2-4-6-16)27-24(33-22)26-19(30)7-8-20(31)29-12-9-18-17(15-29)10-14-32-18/h2-6,10-11,13-14H,7-9,12,15H2,1H3,(H,26,27,30). The Bertz CT molecular complexity index is 1290. The zero-order valence-electron chi connectivity index (χ0n) is 18.2. The number of carbonyl (C=O) groups is 2. The zero-order valence-corrected chi connectivity index (χ0v) is 19.8. The number of rotatable bonds is 6. The van der Waals surface area contributed by atoms with Crippen LogP contribution in [0.2, 0.25) is 0 Å². The highest BCUT2D eigenvalue weighted by Crippen LogP contribution is 2.38. The molecule has 0 fully saturated rings. The molecular formula is C24H23N5O2S2. The van der Waals surface area contributed by atoms with Gasteiger partial charge in [-0.3, -0.25) is 9.59 Å². The van der Waals surface area contributed by atoms with Crippen LogP contribution in [0.3, 0.4) is 0 Å². The summed E-state index contributed by atoms with van der Waals surface area (Å²) in [5, 5.41) is 5.46. The summed E-state index contributed by atoms with van der Waals surface area (Å²) >= 11 is 3.14. The Labute approximate surface area is 199 Å². The molecule has 5 rings (SSSR count). The minimum absolute atomic E-state index is 0.0137. The van der Waals surface area contributed by atoms with Crippen molar-refractivity contribution in [2.45, 2.75) is 25.8 Å². The number of hydrogen-bond acceptors (Lipinski definition) is 6. The normalized spacial score (nSPS) is 13.1. The number of thiophene rings is 1. The van der Waals surface area contributed by atoms with E-state index in [-0.39, 0.29) is 24.7 Å². The molecule has 0 bridgehead atoms. The molecule has 0 radical (unpaired) electrons. The zero-order chi connectivity index (χ0) is 22.8. The molecule has 1 aliphatic rings. The first-order valence-corrected chi connectivity index (χ1v) is 12.4. The predicted molar refractivity (Wildman–Crippen MR) is 131 cm³/mol. The maximum atomic E-state index is 12.6. The van der Waals surface area contributed by atoms with Crippen LogP contribution in [0.5, 0.6) is 0 Å². The molecule has 0 spiro atoms. The molecule has 168 valence electrons. The Morgan fingerprint density at radius 2 is 2.00 bits per heavy atom. The van der Waals surface area contributed by atoms with Crippen molar-refractivity contribution in [3.05, 3.63) is 64.6 Å². The second-order valence-corrected chi connectivity index (χ2v) is 9.91. The second-order valence-electron chi connectivity index (χ2n) is 7.91. The van der Waals surface area contributed by atoms with E-state index in [0.717, 1.165) is 28.4 Å². The van der Waals surface area contributed by atoms with Gasteiger partial charge in [-0.2, -0.15) is 0 Å². The molecular weight excluding hydrogens is 454 g/mol. The van der Waals surface area contributed by atoms with Crippen molar-refractivity contribution in [2.75, 3.05) is 11.9 Å². The molecule has 1 aromatic carbocycles. The number of imidazole rings is 1. The maximum absolute atomic E-state index is 12.6. The smallest absolute Gasteiger partial charge is 0.226 e. The van der Waals surface area contributed by atoms with Crippen molar-refractivity contribution in [3.63, 3.8) is 0 Å². The molecule has 0 unspecified atom stereocenters. The van der Waals surface area contributed by atoms with Crippen molar-refractivity contribution < 1.29 is 9.59 Å². The van der Waals surface area contributed by atoms with Gasteiger partial charge in [-0.15, -0.1) is 11.3 Å². The van der Waals surface area contributed by atoms with Crippen LogP contribution in [0.1, 0.15) is 23.3 Å². The highest BCUT2D eigenvalue weighted by Gasteiger charge is 2.23. The lowest BCUT2D eigenvalue weighted by Gasteiger charge is -2.27. The minimum Gasteiger partial charge on any atom is -0.338 e. The fraction of sp³-hybridized carbons (Fsp3) is 0.250. The number of aromatic nitrogens is 3. The number of hydrogen-bond donors (Lipinski definition) is 1. The van der Waals surface area contributed by atoms with Crippen molar-refractivity contribution in [2.24, 2.45) is 7.05 Å². The van der Waals surface area contributed by atoms with Crippen LogP contribution in [0, 0.1) is 0 Å². The van der Waals surface area contributed by atoms with Gasteiger partial charge in [0.1, 0.15) is 0 Å². The Balaban J connectivity index is 1.26. The Hall–Kier alpha value is -3.30. The molecule has 0 saturated heterocycles. The quantitative estimate of drug-likeness (QED) is 0.441. The first-order valence-electron chi connectivity index (χ1n) is 10.8. The summed E-state index contributed by atoms with van der Waals surface area (Å²) in [6.07, 6.45) is 4.83. The number of thiazole rings is 1. The summed E-state index contributed by atoms with van der Waals surface area (Å²) in [6, 6.07) is 11.9. The Morgan fingerprint density at radius 3 is 2.79 bits per heavy atom. The fourth-order valence-electron chi connectivity index (χ4n) is 3.92. The van der Waals surface area contributed by atoms with Crippen LogP contribution in [-0.4, -0.2) is 37.8 Å². The third-order valence-corrected chi connectivity index (χ3v) is 7.66. The van der Waals surface area contributed by atoms with Gasteiger partial charge in [-0.25, -0.2) is 9.97 Å². The third-order valence-electron chi connectivity index (χ3n) is 5.67. The maximum Gasteiger partial charge on any atom is 0.226 e. The molecule has 0 saturated carbocycles. The van der Waals surface area contributed by atoms with E-state index in [2.05, 4.69) is 21.7 Å². The van der Waals surface area contributed by atoms with Gasteiger partial charge in [0, 0.05) is 55.8 Å². The molecule has 2 amide bonds. The van der Waals surface area contributed by atoms with Gasteiger partial charge in [0.05, 0.1) is 10.6 Å². The van der Waals surface area contributed by atoms with Gasteiger partial charge in [0.25, 0.3) is 0 Å². The summed E-state index contributed by atoms with van der Waals surface area (Å²) in [5.74, 6) is 0.594. The third kappa shape index (κ3) is 4.60. The molecule has 0 atom stereocenters. The van der Waals surface area contributed by atoms with Gasteiger partial charge in [-0.1, -0.05) is 41.7 Å². The van der Waals surface area contributed by atoms with Crippen molar-refractivity contribution >= 4 is 39.6 Å². The molecule has 9 heteroatoms. The molecule has 1 aliphatic heterocycles. The van der Waals surface area contributed by atoms with E-state index in [0.29, 0.717) is 18.2 Å². The lowest BCUT2D eigenvalue weighted by molar-refractivity contribution is -0.133. The number of aryl methyl sites for hydroxylation is 1. The number of nitrogens with one attached hydrogen (secondary N) is 1. The summed E-state index contributed by atoms with van der Waals surface area (Å²) in [4.78, 5) is 38.5. The van der Waals surface area contributed by atoms with Crippen molar-refractivity contribution in [3.8, 4) is 22.0 Å². The molecule has 33 heavy (non-hydrogen) atoms. The summed E-state index contributed by atoms with van der Waals surface area (Å²) in [6.45, 7) is 1.35. The molecule has 4 aromatic rings. The molecule has 3 aromatic heterocycles. The van der Waals surface area contributed by atoms with Gasteiger partial charge in [-0.05, 0) is 23.4 Å².